The lowest BCUT2D eigenvalue weighted by molar-refractivity contribution is 0.238. The molecular weight excluding hydrogens is 296 g/mol. The van der Waals surface area contributed by atoms with Gasteiger partial charge in [0.2, 0.25) is 0 Å². The highest BCUT2D eigenvalue weighted by Crippen LogP contribution is 2.26. The largest absolute Gasteiger partial charge is 0.497 e. The summed E-state index contributed by atoms with van der Waals surface area (Å²) < 4.78 is 5.29. The van der Waals surface area contributed by atoms with E-state index in [1.165, 1.54) is 42.6 Å². The lowest BCUT2D eigenvalue weighted by Gasteiger charge is -2.28. The molecule has 0 bridgehead atoms. The molecule has 1 aliphatic heterocycles. The summed E-state index contributed by atoms with van der Waals surface area (Å²) in [5, 5.41) is 3.65. The van der Waals surface area contributed by atoms with Crippen molar-refractivity contribution in [3.05, 3.63) is 65.2 Å². The first-order valence-corrected chi connectivity index (χ1v) is 8.90. The number of aryl methyl sites for hydroxylation is 1. The van der Waals surface area contributed by atoms with Gasteiger partial charge in [-0.2, -0.15) is 0 Å². The van der Waals surface area contributed by atoms with Gasteiger partial charge in [-0.05, 0) is 56.1 Å². The SMILES string of the molecule is COc1ccc(C(CNCc2ccc(C)cc2)N2CCCC2)cc1. The van der Waals surface area contributed by atoms with Crippen LogP contribution in [0.25, 0.3) is 0 Å². The Labute approximate surface area is 145 Å². The highest BCUT2D eigenvalue weighted by atomic mass is 16.5. The number of nitrogens with zero attached hydrogens (tertiary/aromatic N) is 1. The van der Waals surface area contributed by atoms with Crippen LogP contribution in [-0.2, 0) is 6.54 Å². The molecule has 1 N–H and O–H groups in total. The molecule has 0 radical (unpaired) electrons. The average molecular weight is 324 g/mol. The van der Waals surface area contributed by atoms with Crippen molar-refractivity contribution in [1.82, 2.24) is 10.2 Å². The number of rotatable bonds is 7. The standard InChI is InChI=1S/C21H28N2O/c1-17-5-7-18(8-6-17)15-22-16-21(23-13-3-4-14-23)19-9-11-20(24-2)12-10-19/h5-12,21-22H,3-4,13-16H2,1-2H3. The molecule has 1 heterocycles. The quantitative estimate of drug-likeness (QED) is 0.835. The van der Waals surface area contributed by atoms with E-state index < -0.39 is 0 Å². The Bertz CT molecular complexity index is 615. The highest BCUT2D eigenvalue weighted by Gasteiger charge is 2.23. The van der Waals surface area contributed by atoms with Crippen LogP contribution in [-0.4, -0.2) is 31.6 Å². The van der Waals surface area contributed by atoms with Crippen LogP contribution in [0.3, 0.4) is 0 Å². The normalized spacial score (nSPS) is 16.2. The minimum atomic E-state index is 0.434. The zero-order valence-corrected chi connectivity index (χ0v) is 14.8. The fourth-order valence-electron chi connectivity index (χ4n) is 3.40. The fourth-order valence-corrected chi connectivity index (χ4v) is 3.40. The molecule has 0 aromatic heterocycles. The van der Waals surface area contributed by atoms with Crippen LogP contribution in [0.4, 0.5) is 0 Å². The Hall–Kier alpha value is -1.84. The Balaban J connectivity index is 1.64. The minimum Gasteiger partial charge on any atom is -0.497 e. The molecule has 3 rings (SSSR count). The van der Waals surface area contributed by atoms with Crippen molar-refractivity contribution in [2.75, 3.05) is 26.7 Å². The maximum atomic E-state index is 5.29. The summed E-state index contributed by atoms with van der Waals surface area (Å²) in [6.45, 7) is 6.41. The van der Waals surface area contributed by atoms with E-state index in [1.807, 2.05) is 0 Å². The predicted molar refractivity (Wildman–Crippen MR) is 99.4 cm³/mol. The van der Waals surface area contributed by atoms with E-state index in [4.69, 9.17) is 4.74 Å². The molecule has 0 spiro atoms. The van der Waals surface area contributed by atoms with Crippen molar-refractivity contribution in [1.29, 1.82) is 0 Å². The number of nitrogens with one attached hydrogen (secondary N) is 1. The van der Waals surface area contributed by atoms with Crippen molar-refractivity contribution in [3.8, 4) is 5.75 Å². The summed E-state index contributed by atoms with van der Waals surface area (Å²) >= 11 is 0. The van der Waals surface area contributed by atoms with E-state index in [2.05, 4.69) is 65.7 Å². The first kappa shape index (κ1) is 17.0. The van der Waals surface area contributed by atoms with Crippen LogP contribution < -0.4 is 10.1 Å². The van der Waals surface area contributed by atoms with Crippen molar-refractivity contribution >= 4 is 0 Å². The molecule has 2 aromatic rings. The molecule has 1 atom stereocenters. The Morgan fingerprint density at radius 2 is 1.67 bits per heavy atom. The summed E-state index contributed by atoms with van der Waals surface area (Å²) in [6.07, 6.45) is 2.62. The number of benzene rings is 2. The van der Waals surface area contributed by atoms with Gasteiger partial charge in [0.05, 0.1) is 7.11 Å². The maximum absolute atomic E-state index is 5.29. The van der Waals surface area contributed by atoms with Crippen LogP contribution in [0, 0.1) is 6.92 Å². The van der Waals surface area contributed by atoms with Crippen molar-refractivity contribution < 1.29 is 4.74 Å². The average Bonchev–Trinajstić information content (AvgIpc) is 3.15. The molecule has 3 nitrogen and oxygen atoms in total. The monoisotopic (exact) mass is 324 g/mol. The maximum Gasteiger partial charge on any atom is 0.118 e. The van der Waals surface area contributed by atoms with Gasteiger partial charge < -0.3 is 10.1 Å². The van der Waals surface area contributed by atoms with Crippen LogP contribution in [0.15, 0.2) is 48.5 Å². The summed E-state index contributed by atoms with van der Waals surface area (Å²) in [5.74, 6) is 0.923. The lowest BCUT2D eigenvalue weighted by Crippen LogP contribution is -2.34. The van der Waals surface area contributed by atoms with E-state index in [0.717, 1.165) is 18.8 Å². The van der Waals surface area contributed by atoms with Crippen molar-refractivity contribution in [3.63, 3.8) is 0 Å². The van der Waals surface area contributed by atoms with E-state index in [9.17, 15) is 0 Å². The van der Waals surface area contributed by atoms with Crippen LogP contribution >= 0.6 is 0 Å². The molecule has 1 fully saturated rings. The molecule has 24 heavy (non-hydrogen) atoms. The second-order valence-electron chi connectivity index (χ2n) is 6.65. The Kier molecular flexibility index (Phi) is 5.89. The third-order valence-corrected chi connectivity index (χ3v) is 4.87. The van der Waals surface area contributed by atoms with Gasteiger partial charge in [-0.15, -0.1) is 0 Å². The third-order valence-electron chi connectivity index (χ3n) is 4.87. The summed E-state index contributed by atoms with van der Waals surface area (Å²) in [6, 6.07) is 17.8. The van der Waals surface area contributed by atoms with Gasteiger partial charge in [0.1, 0.15) is 5.75 Å². The number of hydrogen-bond acceptors (Lipinski definition) is 3. The molecular formula is C21H28N2O. The van der Waals surface area contributed by atoms with Gasteiger partial charge >= 0.3 is 0 Å². The molecule has 3 heteroatoms. The van der Waals surface area contributed by atoms with Gasteiger partial charge in [0.15, 0.2) is 0 Å². The topological polar surface area (TPSA) is 24.5 Å². The van der Waals surface area contributed by atoms with E-state index >= 15 is 0 Å². The first-order chi connectivity index (χ1) is 11.8. The van der Waals surface area contributed by atoms with E-state index in [-0.39, 0.29) is 0 Å². The fraction of sp³-hybridized carbons (Fsp3) is 0.429. The minimum absolute atomic E-state index is 0.434. The van der Waals surface area contributed by atoms with Gasteiger partial charge in [-0.3, -0.25) is 4.90 Å². The highest BCUT2D eigenvalue weighted by molar-refractivity contribution is 5.29. The second kappa shape index (κ2) is 8.32. The molecule has 0 aliphatic carbocycles. The van der Waals surface area contributed by atoms with Crippen molar-refractivity contribution in [2.45, 2.75) is 32.4 Å². The van der Waals surface area contributed by atoms with E-state index in [1.54, 1.807) is 7.11 Å². The van der Waals surface area contributed by atoms with E-state index in [0.29, 0.717) is 6.04 Å². The number of methoxy groups -OCH3 is 1. The van der Waals surface area contributed by atoms with Crippen LogP contribution in [0.1, 0.15) is 35.6 Å². The first-order valence-electron chi connectivity index (χ1n) is 8.90. The number of ether oxygens (including phenoxy) is 1. The molecule has 0 saturated carbocycles. The molecule has 2 aromatic carbocycles. The Morgan fingerprint density at radius 3 is 2.29 bits per heavy atom. The predicted octanol–water partition coefficient (Wildman–Crippen LogP) is 3.93. The number of likely N-dealkylation sites (tertiary alicyclic amines) is 1. The molecule has 1 unspecified atom stereocenters. The lowest BCUT2D eigenvalue weighted by atomic mass is 10.0. The zero-order valence-electron chi connectivity index (χ0n) is 14.8. The molecule has 0 amide bonds. The third kappa shape index (κ3) is 4.37. The number of hydrogen-bond donors (Lipinski definition) is 1. The summed E-state index contributed by atoms with van der Waals surface area (Å²) in [5.41, 5.74) is 4.02. The van der Waals surface area contributed by atoms with Gasteiger partial charge in [0.25, 0.3) is 0 Å². The zero-order chi connectivity index (χ0) is 16.8. The van der Waals surface area contributed by atoms with Crippen molar-refractivity contribution in [2.24, 2.45) is 0 Å². The summed E-state index contributed by atoms with van der Waals surface area (Å²) in [7, 11) is 1.72. The van der Waals surface area contributed by atoms with Gasteiger partial charge in [0, 0.05) is 19.1 Å². The summed E-state index contributed by atoms with van der Waals surface area (Å²) in [4.78, 5) is 2.60. The smallest absolute Gasteiger partial charge is 0.118 e. The molecule has 128 valence electrons. The Morgan fingerprint density at radius 1 is 1.00 bits per heavy atom. The van der Waals surface area contributed by atoms with Gasteiger partial charge in [-0.1, -0.05) is 42.0 Å². The second-order valence-corrected chi connectivity index (χ2v) is 6.65. The molecule has 1 saturated heterocycles. The van der Waals surface area contributed by atoms with Gasteiger partial charge in [-0.25, -0.2) is 0 Å². The van der Waals surface area contributed by atoms with Crippen LogP contribution in [0.5, 0.6) is 5.75 Å². The molecule has 1 aliphatic rings. The van der Waals surface area contributed by atoms with Crippen LogP contribution in [0.2, 0.25) is 0 Å².